The monoisotopic (exact) mass is 268 g/mol. The minimum absolute atomic E-state index is 0.0135. The summed E-state index contributed by atoms with van der Waals surface area (Å²) in [4.78, 5) is 2.23. The molecular weight excluding hydrogens is 243 g/mol. The van der Waals surface area contributed by atoms with Crippen LogP contribution >= 0.6 is 0 Å². The number of rotatable bonds is 7. The fourth-order valence-electron chi connectivity index (χ4n) is 1.97. The van der Waals surface area contributed by atoms with Crippen LogP contribution < -0.4 is 5.32 Å². The molecule has 1 rings (SSSR count). The molecule has 0 aromatic heterocycles. The number of halogens is 1. The molecule has 0 spiro atoms. The Bertz CT molecular complexity index is 322. The van der Waals surface area contributed by atoms with Gasteiger partial charge in [-0.15, -0.1) is 0 Å². The summed E-state index contributed by atoms with van der Waals surface area (Å²) in [6.07, 6.45) is 6.57. The number of nitrogens with one attached hydrogen (secondary N) is 1. The first-order chi connectivity index (χ1) is 9.17. The number of hydrogen-bond acceptors (Lipinski definition) is 3. The van der Waals surface area contributed by atoms with Gasteiger partial charge in [-0.05, 0) is 12.0 Å². The molecule has 1 unspecified atom stereocenters. The Kier molecular flexibility index (Phi) is 7.63. The van der Waals surface area contributed by atoms with E-state index in [-0.39, 0.29) is 12.6 Å². The van der Waals surface area contributed by atoms with E-state index >= 15 is 0 Å². The Labute approximate surface area is 115 Å². The maximum atomic E-state index is 13.0. The zero-order valence-electron chi connectivity index (χ0n) is 11.7. The van der Waals surface area contributed by atoms with E-state index < -0.39 is 6.17 Å². The van der Waals surface area contributed by atoms with Crippen molar-refractivity contribution in [1.82, 2.24) is 10.2 Å². The molecule has 1 saturated heterocycles. The average molecular weight is 268 g/mol. The summed E-state index contributed by atoms with van der Waals surface area (Å²) in [6.45, 7) is 9.52. The lowest BCUT2D eigenvalue weighted by Crippen LogP contribution is -2.49. The second kappa shape index (κ2) is 9.02. The van der Waals surface area contributed by atoms with Crippen LogP contribution in [-0.2, 0) is 0 Å². The fraction of sp³-hybridized carbons (Fsp3) is 0.600. The summed E-state index contributed by atoms with van der Waals surface area (Å²) in [6, 6.07) is 0.0135. The Morgan fingerprint density at radius 1 is 1.37 bits per heavy atom. The molecule has 19 heavy (non-hydrogen) atoms. The predicted molar refractivity (Wildman–Crippen MR) is 77.9 cm³/mol. The van der Waals surface area contributed by atoms with Crippen molar-refractivity contribution < 1.29 is 9.50 Å². The van der Waals surface area contributed by atoms with E-state index in [4.69, 9.17) is 0 Å². The van der Waals surface area contributed by atoms with Gasteiger partial charge >= 0.3 is 0 Å². The SMILES string of the molecule is C=C(/C=C\C(F)CC)/C=C/[C@@H](CO)N1CCNCC1. The zero-order valence-corrected chi connectivity index (χ0v) is 11.7. The van der Waals surface area contributed by atoms with Crippen LogP contribution in [0, 0.1) is 0 Å². The third kappa shape index (κ3) is 6.14. The van der Waals surface area contributed by atoms with Crippen molar-refractivity contribution >= 4 is 0 Å². The Hall–Kier alpha value is -0.970. The van der Waals surface area contributed by atoms with E-state index in [1.165, 1.54) is 6.08 Å². The molecule has 0 aromatic rings. The molecule has 2 N–H and O–H groups in total. The van der Waals surface area contributed by atoms with E-state index in [1.807, 2.05) is 12.2 Å². The first kappa shape index (κ1) is 16.1. The lowest BCUT2D eigenvalue weighted by molar-refractivity contribution is 0.138. The van der Waals surface area contributed by atoms with Crippen LogP contribution in [-0.4, -0.2) is 55.0 Å². The van der Waals surface area contributed by atoms with Crippen molar-refractivity contribution in [3.05, 3.63) is 36.5 Å². The Morgan fingerprint density at radius 2 is 2.00 bits per heavy atom. The minimum atomic E-state index is -0.910. The lowest BCUT2D eigenvalue weighted by Gasteiger charge is -2.32. The van der Waals surface area contributed by atoms with Gasteiger partial charge in [-0.2, -0.15) is 0 Å². The summed E-state index contributed by atoms with van der Waals surface area (Å²) in [5.74, 6) is 0. The molecule has 2 atom stereocenters. The Morgan fingerprint density at radius 3 is 2.58 bits per heavy atom. The molecule has 108 valence electrons. The van der Waals surface area contributed by atoms with Gasteiger partial charge in [0.15, 0.2) is 0 Å². The average Bonchev–Trinajstić information content (AvgIpc) is 2.46. The number of alkyl halides is 1. The maximum absolute atomic E-state index is 13.0. The van der Waals surface area contributed by atoms with E-state index in [0.717, 1.165) is 31.8 Å². The van der Waals surface area contributed by atoms with Gasteiger partial charge in [-0.1, -0.05) is 37.8 Å². The normalized spacial score (nSPS) is 21.0. The number of aliphatic hydroxyl groups is 1. The largest absolute Gasteiger partial charge is 0.394 e. The second-order valence-electron chi connectivity index (χ2n) is 4.75. The van der Waals surface area contributed by atoms with Crippen molar-refractivity contribution in [2.75, 3.05) is 32.8 Å². The van der Waals surface area contributed by atoms with Crippen molar-refractivity contribution in [2.24, 2.45) is 0 Å². The number of nitrogens with zero attached hydrogens (tertiary/aromatic N) is 1. The summed E-state index contributed by atoms with van der Waals surface area (Å²) in [5.41, 5.74) is 0.754. The molecule has 0 bridgehead atoms. The number of allylic oxidation sites excluding steroid dienone is 4. The molecule has 1 aliphatic heterocycles. The van der Waals surface area contributed by atoms with Crippen molar-refractivity contribution in [3.63, 3.8) is 0 Å². The van der Waals surface area contributed by atoms with Crippen LogP contribution in [0.3, 0.4) is 0 Å². The molecule has 4 heteroatoms. The highest BCUT2D eigenvalue weighted by atomic mass is 19.1. The number of hydrogen-bond donors (Lipinski definition) is 2. The second-order valence-corrected chi connectivity index (χ2v) is 4.75. The highest BCUT2D eigenvalue weighted by Gasteiger charge is 2.16. The molecule has 1 heterocycles. The summed E-state index contributed by atoms with van der Waals surface area (Å²) >= 11 is 0. The van der Waals surface area contributed by atoms with E-state index in [0.29, 0.717) is 6.42 Å². The quantitative estimate of drug-likeness (QED) is 0.690. The molecule has 0 saturated carbocycles. The summed E-state index contributed by atoms with van der Waals surface area (Å²) in [7, 11) is 0. The van der Waals surface area contributed by atoms with Crippen LogP contribution in [0.1, 0.15) is 13.3 Å². The molecule has 1 fully saturated rings. The number of piperazine rings is 1. The van der Waals surface area contributed by atoms with E-state index in [2.05, 4.69) is 16.8 Å². The predicted octanol–water partition coefficient (Wildman–Crippen LogP) is 1.67. The van der Waals surface area contributed by atoms with Gasteiger partial charge in [0.1, 0.15) is 6.17 Å². The maximum Gasteiger partial charge on any atom is 0.118 e. The third-order valence-electron chi connectivity index (χ3n) is 3.25. The van der Waals surface area contributed by atoms with Crippen LogP contribution in [0.5, 0.6) is 0 Å². The number of aliphatic hydroxyl groups excluding tert-OH is 1. The highest BCUT2D eigenvalue weighted by molar-refractivity contribution is 5.28. The van der Waals surface area contributed by atoms with Gasteiger partial charge in [0, 0.05) is 26.2 Å². The first-order valence-electron chi connectivity index (χ1n) is 6.92. The van der Waals surface area contributed by atoms with Crippen molar-refractivity contribution in [2.45, 2.75) is 25.6 Å². The smallest absolute Gasteiger partial charge is 0.118 e. The van der Waals surface area contributed by atoms with Crippen LogP contribution in [0.4, 0.5) is 4.39 Å². The minimum Gasteiger partial charge on any atom is -0.394 e. The molecule has 0 aliphatic carbocycles. The van der Waals surface area contributed by atoms with Gasteiger partial charge in [-0.25, -0.2) is 4.39 Å². The van der Waals surface area contributed by atoms with Gasteiger partial charge < -0.3 is 10.4 Å². The van der Waals surface area contributed by atoms with Gasteiger partial charge in [0.05, 0.1) is 12.6 Å². The van der Waals surface area contributed by atoms with Crippen molar-refractivity contribution in [3.8, 4) is 0 Å². The standard InChI is InChI=1S/C15H25FN2O/c1-3-14(16)6-4-13(2)5-7-15(12-19)18-10-8-17-9-11-18/h4-7,14-15,17,19H,2-3,8-12H2,1H3/b6-4-,7-5+/t14?,15-/m0/s1. The van der Waals surface area contributed by atoms with Crippen LogP contribution in [0.25, 0.3) is 0 Å². The molecular formula is C15H25FN2O. The molecule has 3 nitrogen and oxygen atoms in total. The van der Waals surface area contributed by atoms with Crippen molar-refractivity contribution in [1.29, 1.82) is 0 Å². The lowest BCUT2D eigenvalue weighted by atomic mass is 10.1. The van der Waals surface area contributed by atoms with Gasteiger partial charge in [-0.3, -0.25) is 4.90 Å². The summed E-state index contributed by atoms with van der Waals surface area (Å²) in [5, 5.41) is 12.7. The van der Waals surface area contributed by atoms with Gasteiger partial charge in [0.2, 0.25) is 0 Å². The van der Waals surface area contributed by atoms with Crippen LogP contribution in [0.15, 0.2) is 36.5 Å². The third-order valence-corrected chi connectivity index (χ3v) is 3.25. The summed E-state index contributed by atoms with van der Waals surface area (Å²) < 4.78 is 13.0. The zero-order chi connectivity index (χ0) is 14.1. The molecule has 0 amide bonds. The van der Waals surface area contributed by atoms with Crippen LogP contribution in [0.2, 0.25) is 0 Å². The topological polar surface area (TPSA) is 35.5 Å². The molecule has 1 aliphatic rings. The van der Waals surface area contributed by atoms with E-state index in [1.54, 1.807) is 13.0 Å². The van der Waals surface area contributed by atoms with Gasteiger partial charge in [0.25, 0.3) is 0 Å². The Balaban J connectivity index is 2.47. The molecule has 0 radical (unpaired) electrons. The molecule has 0 aromatic carbocycles. The van der Waals surface area contributed by atoms with E-state index in [9.17, 15) is 9.50 Å². The fourth-order valence-corrected chi connectivity index (χ4v) is 1.97. The first-order valence-corrected chi connectivity index (χ1v) is 6.92. The highest BCUT2D eigenvalue weighted by Crippen LogP contribution is 2.07.